The SMILES string of the molecule is CCN1Cc2ccc(C(C)CC(=O)O)cc2C1. The minimum absolute atomic E-state index is 0.0912. The second kappa shape index (κ2) is 4.88. The molecule has 0 saturated heterocycles. The van der Waals surface area contributed by atoms with Crippen molar-refractivity contribution < 1.29 is 9.90 Å². The molecule has 1 aromatic carbocycles. The summed E-state index contributed by atoms with van der Waals surface area (Å²) in [5.41, 5.74) is 3.89. The number of hydrogen-bond acceptors (Lipinski definition) is 2. The molecular weight excluding hydrogens is 214 g/mol. The molecular formula is C14H19NO2. The maximum atomic E-state index is 10.7. The van der Waals surface area contributed by atoms with Crippen LogP contribution in [0.2, 0.25) is 0 Å². The van der Waals surface area contributed by atoms with Crippen LogP contribution in [0.1, 0.15) is 42.9 Å². The Bertz CT molecular complexity index is 428. The summed E-state index contributed by atoms with van der Waals surface area (Å²) in [4.78, 5) is 13.1. The average Bonchev–Trinajstić information content (AvgIpc) is 2.69. The second-order valence-corrected chi connectivity index (χ2v) is 4.83. The fraction of sp³-hybridized carbons (Fsp3) is 0.500. The molecule has 17 heavy (non-hydrogen) atoms. The molecule has 92 valence electrons. The van der Waals surface area contributed by atoms with Crippen LogP contribution in [-0.4, -0.2) is 22.5 Å². The number of rotatable bonds is 4. The van der Waals surface area contributed by atoms with Gasteiger partial charge in [-0.15, -0.1) is 0 Å². The number of hydrogen-bond donors (Lipinski definition) is 1. The third-order valence-corrected chi connectivity index (χ3v) is 3.52. The van der Waals surface area contributed by atoms with Gasteiger partial charge in [-0.1, -0.05) is 32.0 Å². The molecule has 0 saturated carbocycles. The van der Waals surface area contributed by atoms with E-state index in [-0.39, 0.29) is 12.3 Å². The highest BCUT2D eigenvalue weighted by atomic mass is 16.4. The number of carboxylic acids is 1. The van der Waals surface area contributed by atoms with Gasteiger partial charge in [-0.25, -0.2) is 0 Å². The van der Waals surface area contributed by atoms with Crippen molar-refractivity contribution in [1.82, 2.24) is 4.90 Å². The lowest BCUT2D eigenvalue weighted by molar-refractivity contribution is -0.137. The van der Waals surface area contributed by atoms with Gasteiger partial charge in [-0.3, -0.25) is 9.69 Å². The van der Waals surface area contributed by atoms with Crippen LogP contribution in [0, 0.1) is 0 Å². The molecule has 1 aliphatic heterocycles. The van der Waals surface area contributed by atoms with Crippen molar-refractivity contribution in [3.05, 3.63) is 34.9 Å². The van der Waals surface area contributed by atoms with Crippen molar-refractivity contribution in [2.45, 2.75) is 39.3 Å². The summed E-state index contributed by atoms with van der Waals surface area (Å²) in [5.74, 6) is -0.637. The lowest BCUT2D eigenvalue weighted by Gasteiger charge is -2.11. The van der Waals surface area contributed by atoms with Crippen LogP contribution in [0.4, 0.5) is 0 Å². The van der Waals surface area contributed by atoms with E-state index in [2.05, 4.69) is 30.0 Å². The average molecular weight is 233 g/mol. The summed E-state index contributed by atoms with van der Waals surface area (Å²) < 4.78 is 0. The molecule has 3 nitrogen and oxygen atoms in total. The van der Waals surface area contributed by atoms with Crippen LogP contribution in [0.5, 0.6) is 0 Å². The van der Waals surface area contributed by atoms with Gasteiger partial charge >= 0.3 is 5.97 Å². The highest BCUT2D eigenvalue weighted by molar-refractivity contribution is 5.68. The van der Waals surface area contributed by atoms with Gasteiger partial charge in [0.05, 0.1) is 6.42 Å². The number of nitrogens with zero attached hydrogens (tertiary/aromatic N) is 1. The minimum Gasteiger partial charge on any atom is -0.481 e. The number of carbonyl (C=O) groups is 1. The molecule has 0 fully saturated rings. The first-order valence-electron chi connectivity index (χ1n) is 6.16. The summed E-state index contributed by atoms with van der Waals surface area (Å²) >= 11 is 0. The lowest BCUT2D eigenvalue weighted by atomic mass is 9.95. The monoisotopic (exact) mass is 233 g/mol. The molecule has 0 aliphatic carbocycles. The van der Waals surface area contributed by atoms with E-state index in [0.717, 1.165) is 25.2 Å². The van der Waals surface area contributed by atoms with E-state index in [9.17, 15) is 4.79 Å². The molecule has 2 rings (SSSR count). The zero-order chi connectivity index (χ0) is 12.4. The van der Waals surface area contributed by atoms with E-state index in [1.165, 1.54) is 11.1 Å². The molecule has 1 unspecified atom stereocenters. The fourth-order valence-electron chi connectivity index (χ4n) is 2.39. The van der Waals surface area contributed by atoms with Gasteiger partial charge in [-0.05, 0) is 29.2 Å². The number of benzene rings is 1. The van der Waals surface area contributed by atoms with E-state index in [1.807, 2.05) is 6.92 Å². The van der Waals surface area contributed by atoms with Crippen molar-refractivity contribution in [3.8, 4) is 0 Å². The van der Waals surface area contributed by atoms with Gasteiger partial charge in [0.1, 0.15) is 0 Å². The molecule has 1 aromatic rings. The zero-order valence-electron chi connectivity index (χ0n) is 10.4. The van der Waals surface area contributed by atoms with Gasteiger partial charge in [0, 0.05) is 13.1 Å². The highest BCUT2D eigenvalue weighted by Gasteiger charge is 2.19. The molecule has 1 atom stereocenters. The van der Waals surface area contributed by atoms with Gasteiger partial charge in [-0.2, -0.15) is 0 Å². The van der Waals surface area contributed by atoms with E-state index in [1.54, 1.807) is 0 Å². The Hall–Kier alpha value is -1.35. The van der Waals surface area contributed by atoms with Gasteiger partial charge in [0.25, 0.3) is 0 Å². The Labute approximate surface area is 102 Å². The summed E-state index contributed by atoms with van der Waals surface area (Å²) in [6.07, 6.45) is 0.205. The first-order chi connectivity index (χ1) is 8.10. The molecule has 0 radical (unpaired) electrons. The Morgan fingerprint density at radius 1 is 1.41 bits per heavy atom. The summed E-state index contributed by atoms with van der Waals surface area (Å²) in [7, 11) is 0. The highest BCUT2D eigenvalue weighted by Crippen LogP contribution is 2.27. The smallest absolute Gasteiger partial charge is 0.303 e. The Morgan fingerprint density at radius 2 is 2.12 bits per heavy atom. The van der Waals surface area contributed by atoms with Crippen LogP contribution in [0.3, 0.4) is 0 Å². The summed E-state index contributed by atoms with van der Waals surface area (Å²) in [6, 6.07) is 6.41. The van der Waals surface area contributed by atoms with Crippen LogP contribution in [0.15, 0.2) is 18.2 Å². The Morgan fingerprint density at radius 3 is 2.76 bits per heavy atom. The normalized spacial score (nSPS) is 16.8. The Kier molecular flexibility index (Phi) is 3.48. The van der Waals surface area contributed by atoms with E-state index in [4.69, 9.17) is 5.11 Å². The lowest BCUT2D eigenvalue weighted by Crippen LogP contribution is -2.14. The van der Waals surface area contributed by atoms with E-state index in [0.29, 0.717) is 0 Å². The van der Waals surface area contributed by atoms with Crippen LogP contribution >= 0.6 is 0 Å². The second-order valence-electron chi connectivity index (χ2n) is 4.83. The summed E-state index contributed by atoms with van der Waals surface area (Å²) in [6.45, 7) is 7.23. The van der Waals surface area contributed by atoms with Crippen molar-refractivity contribution in [3.63, 3.8) is 0 Å². The number of aliphatic carboxylic acids is 1. The predicted molar refractivity (Wildman–Crippen MR) is 66.9 cm³/mol. The zero-order valence-corrected chi connectivity index (χ0v) is 10.4. The molecule has 0 bridgehead atoms. The van der Waals surface area contributed by atoms with Gasteiger partial charge in [0.15, 0.2) is 0 Å². The third-order valence-electron chi connectivity index (χ3n) is 3.52. The van der Waals surface area contributed by atoms with E-state index < -0.39 is 5.97 Å². The molecule has 1 aliphatic rings. The molecule has 0 amide bonds. The Balaban J connectivity index is 2.15. The van der Waals surface area contributed by atoms with Crippen molar-refractivity contribution in [2.24, 2.45) is 0 Å². The van der Waals surface area contributed by atoms with Gasteiger partial charge in [0.2, 0.25) is 0 Å². The van der Waals surface area contributed by atoms with Gasteiger partial charge < -0.3 is 5.11 Å². The van der Waals surface area contributed by atoms with Crippen molar-refractivity contribution in [1.29, 1.82) is 0 Å². The predicted octanol–water partition coefficient (Wildman–Crippen LogP) is 2.60. The maximum absolute atomic E-state index is 10.7. The van der Waals surface area contributed by atoms with Crippen LogP contribution in [0.25, 0.3) is 0 Å². The summed E-state index contributed by atoms with van der Waals surface area (Å²) in [5, 5.41) is 8.81. The molecule has 3 heteroatoms. The molecule has 0 aromatic heterocycles. The maximum Gasteiger partial charge on any atom is 0.303 e. The minimum atomic E-state index is -0.729. The van der Waals surface area contributed by atoms with E-state index >= 15 is 0 Å². The first-order valence-corrected chi connectivity index (χ1v) is 6.16. The quantitative estimate of drug-likeness (QED) is 0.869. The molecule has 1 heterocycles. The molecule has 0 spiro atoms. The largest absolute Gasteiger partial charge is 0.481 e. The number of carboxylic acid groups (broad SMARTS) is 1. The third kappa shape index (κ3) is 2.67. The number of fused-ring (bicyclic) bond motifs is 1. The standard InChI is InChI=1S/C14H19NO2/c1-3-15-8-12-5-4-11(7-13(12)9-15)10(2)6-14(16)17/h4-5,7,10H,3,6,8-9H2,1-2H3,(H,16,17). The van der Waals surface area contributed by atoms with Crippen molar-refractivity contribution in [2.75, 3.05) is 6.54 Å². The topological polar surface area (TPSA) is 40.5 Å². The fourth-order valence-corrected chi connectivity index (χ4v) is 2.39. The molecule has 1 N–H and O–H groups in total. The van der Waals surface area contributed by atoms with Crippen molar-refractivity contribution >= 4 is 5.97 Å². The first kappa shape index (κ1) is 12.1. The van der Waals surface area contributed by atoms with Crippen LogP contribution in [-0.2, 0) is 17.9 Å². The van der Waals surface area contributed by atoms with Crippen LogP contribution < -0.4 is 0 Å².